The number of hydrogen-bond acceptors (Lipinski definition) is 6. The zero-order valence-electron chi connectivity index (χ0n) is 13.9. The number of para-hydroxylation sites is 1. The van der Waals surface area contributed by atoms with Crippen LogP contribution in [0.1, 0.15) is 11.1 Å². The van der Waals surface area contributed by atoms with Gasteiger partial charge >= 0.3 is 0 Å². The van der Waals surface area contributed by atoms with E-state index in [2.05, 4.69) is 10.3 Å². The number of anilines is 1. The lowest BCUT2D eigenvalue weighted by Gasteiger charge is -2.20. The molecule has 1 amide bonds. The summed E-state index contributed by atoms with van der Waals surface area (Å²) in [5, 5.41) is 3.70. The molecule has 130 valence electrons. The van der Waals surface area contributed by atoms with Crippen molar-refractivity contribution in [3.63, 3.8) is 0 Å². The number of rotatable bonds is 3. The van der Waals surface area contributed by atoms with Gasteiger partial charge in [0.25, 0.3) is 0 Å². The van der Waals surface area contributed by atoms with Crippen LogP contribution in [0.3, 0.4) is 0 Å². The van der Waals surface area contributed by atoms with Crippen LogP contribution in [0.2, 0.25) is 0 Å². The van der Waals surface area contributed by atoms with Crippen molar-refractivity contribution >= 4 is 38.4 Å². The van der Waals surface area contributed by atoms with Gasteiger partial charge in [0.2, 0.25) is 5.91 Å². The third kappa shape index (κ3) is 3.44. The second kappa shape index (κ2) is 6.40. The molecule has 0 aliphatic carbocycles. The summed E-state index contributed by atoms with van der Waals surface area (Å²) in [6.07, 6.45) is 0. The van der Waals surface area contributed by atoms with Gasteiger partial charge in [-0.05, 0) is 25.0 Å². The fourth-order valence-corrected chi connectivity index (χ4v) is 5.94. The second-order valence-corrected chi connectivity index (χ2v) is 9.43. The minimum atomic E-state index is -2.98. The van der Waals surface area contributed by atoms with Gasteiger partial charge in [0, 0.05) is 12.7 Å². The number of carbonyl (C=O) groups is 1. The number of nitrogens with one attached hydrogen (secondary N) is 1. The summed E-state index contributed by atoms with van der Waals surface area (Å²) in [5.74, 6) is 0.429. The maximum atomic E-state index is 12.2. The number of benzene rings is 1. The van der Waals surface area contributed by atoms with Crippen LogP contribution in [-0.4, -0.2) is 60.8 Å². The molecule has 0 saturated carbocycles. The maximum Gasteiger partial charge on any atom is 0.234 e. The van der Waals surface area contributed by atoms with Crippen LogP contribution >= 0.6 is 11.8 Å². The molecule has 2 aliphatic rings. The van der Waals surface area contributed by atoms with Gasteiger partial charge in [0.15, 0.2) is 15.0 Å². The van der Waals surface area contributed by atoms with Crippen LogP contribution in [0.5, 0.6) is 0 Å². The summed E-state index contributed by atoms with van der Waals surface area (Å²) in [6, 6.07) is 5.62. The Bertz CT molecular complexity index is 785. The van der Waals surface area contributed by atoms with Gasteiger partial charge in [0.1, 0.15) is 0 Å². The third-order valence-corrected chi connectivity index (χ3v) is 7.20. The Hall–Kier alpha value is -1.54. The highest BCUT2D eigenvalue weighted by molar-refractivity contribution is 8.14. The largest absolute Gasteiger partial charge is 0.348 e. The zero-order chi connectivity index (χ0) is 17.5. The molecule has 0 spiro atoms. The summed E-state index contributed by atoms with van der Waals surface area (Å²) >= 11 is 1.36. The summed E-state index contributed by atoms with van der Waals surface area (Å²) in [7, 11) is -1.13. The molecule has 3 rings (SSSR count). The summed E-state index contributed by atoms with van der Waals surface area (Å²) < 4.78 is 23.3. The van der Waals surface area contributed by atoms with Gasteiger partial charge in [-0.2, -0.15) is 0 Å². The van der Waals surface area contributed by atoms with E-state index in [1.807, 2.05) is 44.0 Å². The second-order valence-electron chi connectivity index (χ2n) is 6.34. The predicted octanol–water partition coefficient (Wildman–Crippen LogP) is 1.44. The monoisotopic (exact) mass is 367 g/mol. The zero-order valence-corrected chi connectivity index (χ0v) is 15.6. The van der Waals surface area contributed by atoms with Gasteiger partial charge in [-0.25, -0.2) is 8.42 Å². The van der Waals surface area contributed by atoms with E-state index >= 15 is 0 Å². The quantitative estimate of drug-likeness (QED) is 0.875. The fourth-order valence-electron chi connectivity index (χ4n) is 3.13. The van der Waals surface area contributed by atoms with Crippen LogP contribution in [-0.2, 0) is 14.6 Å². The van der Waals surface area contributed by atoms with E-state index in [-0.39, 0.29) is 35.2 Å². The summed E-state index contributed by atoms with van der Waals surface area (Å²) in [5.41, 5.74) is 2.92. The molecule has 2 aliphatic heterocycles. The molecule has 0 aromatic heterocycles. The van der Waals surface area contributed by atoms with Crippen molar-refractivity contribution in [1.82, 2.24) is 4.90 Å². The Morgan fingerprint density at radius 1 is 1.33 bits per heavy atom. The first-order valence-electron chi connectivity index (χ1n) is 7.77. The molecule has 8 heteroatoms. The third-order valence-electron chi connectivity index (χ3n) is 4.45. The van der Waals surface area contributed by atoms with E-state index in [0.717, 1.165) is 22.0 Å². The van der Waals surface area contributed by atoms with Gasteiger partial charge in [-0.15, -0.1) is 0 Å². The highest BCUT2D eigenvalue weighted by Gasteiger charge is 2.45. The Labute approximate surface area is 146 Å². The van der Waals surface area contributed by atoms with Crippen molar-refractivity contribution < 1.29 is 13.2 Å². The number of aliphatic imine (C=N–C) groups is 1. The van der Waals surface area contributed by atoms with Crippen LogP contribution < -0.4 is 5.32 Å². The normalized spacial score (nSPS) is 24.6. The van der Waals surface area contributed by atoms with Crippen molar-refractivity contribution in [3.05, 3.63) is 29.3 Å². The molecule has 0 radical (unpaired) electrons. The molecule has 1 fully saturated rings. The molecule has 1 saturated heterocycles. The minimum Gasteiger partial charge on any atom is -0.348 e. The van der Waals surface area contributed by atoms with Crippen molar-refractivity contribution in [2.45, 2.75) is 25.9 Å². The Balaban J connectivity index is 1.60. The van der Waals surface area contributed by atoms with E-state index in [4.69, 9.17) is 0 Å². The fraction of sp³-hybridized carbons (Fsp3) is 0.500. The van der Waals surface area contributed by atoms with E-state index in [1.54, 1.807) is 0 Å². The van der Waals surface area contributed by atoms with E-state index in [0.29, 0.717) is 0 Å². The van der Waals surface area contributed by atoms with Gasteiger partial charge in [0.05, 0.1) is 29.3 Å². The van der Waals surface area contributed by atoms with E-state index in [1.165, 1.54) is 11.8 Å². The van der Waals surface area contributed by atoms with Crippen LogP contribution in [0, 0.1) is 13.8 Å². The average molecular weight is 367 g/mol. The lowest BCUT2D eigenvalue weighted by Crippen LogP contribution is -2.35. The number of thioether (sulfide) groups is 1. The standard InChI is InChI=1S/C16H21N3O3S2/c1-10-5-4-6-11(2)15(10)18-14(20)7-23-16-17-12-8-24(21,22)9-13(12)19(16)3/h4-6,12-13H,7-9H2,1-3H3,(H,18,20). The lowest BCUT2D eigenvalue weighted by molar-refractivity contribution is -0.113. The first-order chi connectivity index (χ1) is 11.3. The first-order valence-corrected chi connectivity index (χ1v) is 10.6. The van der Waals surface area contributed by atoms with Gasteiger partial charge in [-0.3, -0.25) is 9.79 Å². The summed E-state index contributed by atoms with van der Waals surface area (Å²) in [6.45, 7) is 3.93. The van der Waals surface area contributed by atoms with Gasteiger partial charge in [-0.1, -0.05) is 30.0 Å². The predicted molar refractivity (Wildman–Crippen MR) is 98.4 cm³/mol. The van der Waals surface area contributed by atoms with Crippen molar-refractivity contribution in [1.29, 1.82) is 0 Å². The number of aryl methyl sites for hydroxylation is 2. The van der Waals surface area contributed by atoms with Crippen molar-refractivity contribution in [3.8, 4) is 0 Å². The number of likely N-dealkylation sites (N-methyl/N-ethyl adjacent to an activating group) is 1. The van der Waals surface area contributed by atoms with Crippen molar-refractivity contribution in [2.75, 3.05) is 29.6 Å². The molecular weight excluding hydrogens is 346 g/mol. The number of carbonyl (C=O) groups excluding carboxylic acids is 1. The van der Waals surface area contributed by atoms with Crippen LogP contribution in [0.25, 0.3) is 0 Å². The number of amidine groups is 1. The molecule has 6 nitrogen and oxygen atoms in total. The first kappa shape index (κ1) is 17.3. The molecule has 1 aromatic rings. The summed E-state index contributed by atoms with van der Waals surface area (Å²) in [4.78, 5) is 18.6. The van der Waals surface area contributed by atoms with Crippen molar-refractivity contribution in [2.24, 2.45) is 4.99 Å². The number of amides is 1. The molecule has 2 atom stereocenters. The molecule has 2 unspecified atom stereocenters. The van der Waals surface area contributed by atoms with Crippen LogP contribution in [0.15, 0.2) is 23.2 Å². The molecule has 2 heterocycles. The minimum absolute atomic E-state index is 0.0841. The molecule has 1 N–H and O–H groups in total. The maximum absolute atomic E-state index is 12.2. The number of nitrogens with zero attached hydrogens (tertiary/aromatic N) is 2. The number of sulfone groups is 1. The lowest BCUT2D eigenvalue weighted by atomic mass is 10.1. The molecule has 1 aromatic carbocycles. The van der Waals surface area contributed by atoms with E-state index in [9.17, 15) is 13.2 Å². The Kier molecular flexibility index (Phi) is 4.61. The Morgan fingerprint density at radius 2 is 2.00 bits per heavy atom. The molecule has 0 bridgehead atoms. The smallest absolute Gasteiger partial charge is 0.234 e. The van der Waals surface area contributed by atoms with E-state index < -0.39 is 9.84 Å². The number of fused-ring (bicyclic) bond motifs is 1. The van der Waals surface area contributed by atoms with Crippen LogP contribution in [0.4, 0.5) is 5.69 Å². The highest BCUT2D eigenvalue weighted by Crippen LogP contribution is 2.29. The topological polar surface area (TPSA) is 78.8 Å². The average Bonchev–Trinajstić information content (AvgIpc) is 2.94. The Morgan fingerprint density at radius 3 is 2.62 bits per heavy atom. The SMILES string of the molecule is Cc1cccc(C)c1NC(=O)CSC1=NC2CS(=O)(=O)CC2N1C. The number of hydrogen-bond donors (Lipinski definition) is 1. The molecule has 24 heavy (non-hydrogen) atoms. The molecular formula is C16H21N3O3S2. The highest BCUT2D eigenvalue weighted by atomic mass is 32.2. The van der Waals surface area contributed by atoms with Gasteiger partial charge < -0.3 is 10.2 Å².